The lowest BCUT2D eigenvalue weighted by molar-refractivity contribution is 0.659. The van der Waals surface area contributed by atoms with Crippen LogP contribution >= 0.6 is 22.6 Å². The number of hydrogen-bond acceptors (Lipinski definition) is 0. The number of aryl methyl sites for hydroxylation is 1. The van der Waals surface area contributed by atoms with E-state index < -0.39 is 0 Å². The maximum absolute atomic E-state index is 2.45. The molecule has 0 saturated heterocycles. The van der Waals surface area contributed by atoms with Crippen molar-refractivity contribution < 1.29 is 0 Å². The quantitative estimate of drug-likeness (QED) is 0.349. The first-order valence-electron chi connectivity index (χ1n) is 9.28. The number of fused-ring (bicyclic) bond motifs is 4. The van der Waals surface area contributed by atoms with Crippen molar-refractivity contribution in [3.8, 4) is 11.1 Å². The number of rotatable bonds is 1. The number of halogens is 1. The zero-order valence-electron chi connectivity index (χ0n) is 15.1. The molecule has 128 valence electrons. The van der Waals surface area contributed by atoms with Gasteiger partial charge in [0.05, 0.1) is 0 Å². The van der Waals surface area contributed by atoms with Crippen LogP contribution in [-0.4, -0.2) is 0 Å². The molecule has 2 aliphatic carbocycles. The summed E-state index contributed by atoms with van der Waals surface area (Å²) in [5.41, 5.74) is 11.5. The lowest BCUT2D eigenvalue weighted by Gasteiger charge is -2.23. The Morgan fingerprint density at radius 1 is 0.808 bits per heavy atom. The zero-order chi connectivity index (χ0) is 17.9. The third-order valence-electron chi connectivity index (χ3n) is 6.06. The maximum atomic E-state index is 2.45. The summed E-state index contributed by atoms with van der Waals surface area (Å²) in [5.74, 6) is 0. The molecule has 0 saturated carbocycles. The van der Waals surface area contributed by atoms with Crippen LogP contribution in [0.25, 0.3) is 22.8 Å². The van der Waals surface area contributed by atoms with Gasteiger partial charge in [-0.2, -0.15) is 0 Å². The van der Waals surface area contributed by atoms with Gasteiger partial charge in [0.15, 0.2) is 0 Å². The minimum absolute atomic E-state index is 0.0645. The van der Waals surface area contributed by atoms with E-state index in [2.05, 4.69) is 103 Å². The van der Waals surface area contributed by atoms with E-state index in [1.165, 1.54) is 48.1 Å². The summed E-state index contributed by atoms with van der Waals surface area (Å²) in [6.45, 7) is 4.73. The predicted molar refractivity (Wildman–Crippen MR) is 119 cm³/mol. The van der Waals surface area contributed by atoms with E-state index in [4.69, 9.17) is 0 Å². The molecule has 26 heavy (non-hydrogen) atoms. The van der Waals surface area contributed by atoms with Crippen molar-refractivity contribution in [1.82, 2.24) is 0 Å². The molecule has 0 nitrogen and oxygen atoms in total. The minimum atomic E-state index is 0.0645. The molecule has 0 atom stereocenters. The third-order valence-corrected chi connectivity index (χ3v) is 6.73. The highest BCUT2D eigenvalue weighted by Crippen LogP contribution is 2.49. The summed E-state index contributed by atoms with van der Waals surface area (Å²) >= 11 is 2.42. The molecule has 0 N–H and O–H groups in total. The zero-order valence-corrected chi connectivity index (χ0v) is 17.3. The molecular formula is C25H21I. The van der Waals surface area contributed by atoms with Gasteiger partial charge in [0.2, 0.25) is 0 Å². The molecule has 0 radical (unpaired) electrons. The number of benzene rings is 3. The van der Waals surface area contributed by atoms with Crippen molar-refractivity contribution in [1.29, 1.82) is 0 Å². The van der Waals surface area contributed by atoms with Crippen LogP contribution in [0.2, 0.25) is 0 Å². The molecule has 2 aliphatic rings. The fraction of sp³-hybridized carbons (Fsp3) is 0.200. The van der Waals surface area contributed by atoms with Gasteiger partial charge in [0.25, 0.3) is 0 Å². The van der Waals surface area contributed by atoms with Gasteiger partial charge >= 0.3 is 0 Å². The molecular weight excluding hydrogens is 427 g/mol. The van der Waals surface area contributed by atoms with Gasteiger partial charge in [-0.3, -0.25) is 0 Å². The van der Waals surface area contributed by atoms with E-state index in [1.54, 1.807) is 0 Å². The van der Waals surface area contributed by atoms with Gasteiger partial charge in [-0.1, -0.05) is 62.4 Å². The molecule has 0 heterocycles. The first kappa shape index (κ1) is 16.3. The van der Waals surface area contributed by atoms with Crippen molar-refractivity contribution in [2.45, 2.75) is 32.1 Å². The van der Waals surface area contributed by atoms with Crippen molar-refractivity contribution >= 4 is 34.2 Å². The van der Waals surface area contributed by atoms with E-state index in [-0.39, 0.29) is 5.41 Å². The van der Waals surface area contributed by atoms with Crippen LogP contribution in [0.15, 0.2) is 60.7 Å². The van der Waals surface area contributed by atoms with Gasteiger partial charge in [-0.25, -0.2) is 0 Å². The number of allylic oxidation sites excluding steroid dienone is 1. The summed E-state index contributed by atoms with van der Waals surface area (Å²) in [5, 5.41) is 0. The largest absolute Gasteiger partial charge is 0.0620 e. The third kappa shape index (κ3) is 2.40. The maximum Gasteiger partial charge on any atom is 0.0159 e. The number of hydrogen-bond donors (Lipinski definition) is 0. The Balaban J connectivity index is 1.64. The van der Waals surface area contributed by atoms with Crippen molar-refractivity contribution in [2.75, 3.05) is 0 Å². The summed E-state index contributed by atoms with van der Waals surface area (Å²) in [7, 11) is 0. The fourth-order valence-electron chi connectivity index (χ4n) is 4.57. The normalized spacial score (nSPS) is 16.5. The van der Waals surface area contributed by atoms with E-state index in [0.29, 0.717) is 0 Å². The Morgan fingerprint density at radius 3 is 2.38 bits per heavy atom. The summed E-state index contributed by atoms with van der Waals surface area (Å²) in [6.07, 6.45) is 4.65. The van der Waals surface area contributed by atoms with Crippen LogP contribution in [0.3, 0.4) is 0 Å². The topological polar surface area (TPSA) is 0 Å². The van der Waals surface area contributed by atoms with Crippen molar-refractivity contribution in [3.63, 3.8) is 0 Å². The van der Waals surface area contributed by atoms with Gasteiger partial charge < -0.3 is 0 Å². The van der Waals surface area contributed by atoms with E-state index in [1.807, 2.05) is 0 Å². The lowest BCUT2D eigenvalue weighted by atomic mass is 9.80. The molecule has 0 bridgehead atoms. The lowest BCUT2D eigenvalue weighted by Crippen LogP contribution is -2.15. The highest BCUT2D eigenvalue weighted by Gasteiger charge is 2.35. The first-order chi connectivity index (χ1) is 12.5. The Kier molecular flexibility index (Phi) is 3.65. The Hall–Kier alpha value is -1.87. The monoisotopic (exact) mass is 448 g/mol. The second kappa shape index (κ2) is 5.82. The van der Waals surface area contributed by atoms with Crippen LogP contribution in [0.5, 0.6) is 0 Å². The van der Waals surface area contributed by atoms with Crippen LogP contribution in [0.4, 0.5) is 0 Å². The summed E-state index contributed by atoms with van der Waals surface area (Å²) in [4.78, 5) is 0. The molecule has 0 aromatic heterocycles. The summed E-state index contributed by atoms with van der Waals surface area (Å²) in [6, 6.07) is 22.8. The predicted octanol–water partition coefficient (Wildman–Crippen LogP) is 7.08. The van der Waals surface area contributed by atoms with Gasteiger partial charge in [-0.15, -0.1) is 0 Å². The Labute approximate surface area is 169 Å². The van der Waals surface area contributed by atoms with E-state index >= 15 is 0 Å². The second-order valence-corrected chi connectivity index (χ2v) is 9.19. The van der Waals surface area contributed by atoms with Crippen LogP contribution in [-0.2, 0) is 11.8 Å². The Morgan fingerprint density at radius 2 is 1.54 bits per heavy atom. The van der Waals surface area contributed by atoms with Gasteiger partial charge in [-0.05, 0) is 98.1 Å². The Bertz CT molecular complexity index is 1070. The molecule has 3 aromatic rings. The molecule has 0 aliphatic heterocycles. The van der Waals surface area contributed by atoms with Crippen molar-refractivity contribution in [2.24, 2.45) is 0 Å². The molecule has 1 heteroatoms. The average Bonchev–Trinajstić information content (AvgIpc) is 2.88. The SMILES string of the molecule is CC1(C)c2cc(I)ccc2-c2ccc(C3=Cc4ccccc4CC3)cc21. The van der Waals surface area contributed by atoms with Crippen molar-refractivity contribution in [3.05, 3.63) is 92.1 Å². The van der Waals surface area contributed by atoms with E-state index in [9.17, 15) is 0 Å². The molecule has 3 aromatic carbocycles. The second-order valence-electron chi connectivity index (χ2n) is 7.94. The minimum Gasteiger partial charge on any atom is -0.0620 e. The van der Waals surface area contributed by atoms with Crippen LogP contribution in [0.1, 0.15) is 48.1 Å². The van der Waals surface area contributed by atoms with Crippen LogP contribution < -0.4 is 0 Å². The fourth-order valence-corrected chi connectivity index (χ4v) is 5.06. The highest BCUT2D eigenvalue weighted by atomic mass is 127. The molecule has 5 rings (SSSR count). The first-order valence-corrected chi connectivity index (χ1v) is 10.4. The molecule has 0 amide bonds. The average molecular weight is 448 g/mol. The highest BCUT2D eigenvalue weighted by molar-refractivity contribution is 14.1. The van der Waals surface area contributed by atoms with Gasteiger partial charge in [0.1, 0.15) is 0 Å². The smallest absolute Gasteiger partial charge is 0.0159 e. The standard InChI is InChI=1S/C25H21I/c1-25(2)23-14-19(18-8-7-16-5-3-4-6-17(16)13-18)9-11-21(23)22-12-10-20(26)15-24(22)25/h3-6,9-15H,7-8H2,1-2H3. The van der Waals surface area contributed by atoms with Gasteiger partial charge in [0, 0.05) is 8.99 Å². The van der Waals surface area contributed by atoms with E-state index in [0.717, 1.165) is 12.8 Å². The van der Waals surface area contributed by atoms with Crippen LogP contribution in [0, 0.1) is 3.57 Å². The summed E-state index contributed by atoms with van der Waals surface area (Å²) < 4.78 is 1.31. The molecule has 0 unspecified atom stereocenters. The molecule has 0 spiro atoms. The molecule has 0 fully saturated rings.